The van der Waals surface area contributed by atoms with Gasteiger partial charge in [0.25, 0.3) is 0 Å². The van der Waals surface area contributed by atoms with Crippen LogP contribution in [0.2, 0.25) is 0 Å². The molecule has 0 aliphatic rings. The minimum atomic E-state index is -0.0128. The van der Waals surface area contributed by atoms with Crippen LogP contribution in [0.25, 0.3) is 0 Å². The summed E-state index contributed by atoms with van der Waals surface area (Å²) in [5.41, 5.74) is 0. The van der Waals surface area contributed by atoms with Crippen LogP contribution in [0, 0.1) is 0 Å². The Morgan fingerprint density at radius 2 is 0.909 bits per heavy atom. The molecule has 0 aromatic rings. The first kappa shape index (κ1) is 20.9. The zero-order chi connectivity index (χ0) is 16.8. The van der Waals surface area contributed by atoms with E-state index >= 15 is 0 Å². The fraction of sp³-hybridized carbons (Fsp3) is 0.800. The maximum absolute atomic E-state index is 10.8. The van der Waals surface area contributed by atoms with Gasteiger partial charge in [0, 0.05) is 19.6 Å². The summed E-state index contributed by atoms with van der Waals surface area (Å²) in [6.07, 6.45) is 0. The molecule has 0 unspecified atom stereocenters. The van der Waals surface area contributed by atoms with Gasteiger partial charge in [0.1, 0.15) is 19.8 Å². The molecule has 0 saturated carbocycles. The van der Waals surface area contributed by atoms with E-state index in [1.54, 1.807) is 0 Å². The summed E-state index contributed by atoms with van der Waals surface area (Å²) in [6.45, 7) is 7.91. The Hall–Kier alpha value is -1.15. The number of carbonyl (C=O) groups excluding carboxylic acids is 3. The van der Waals surface area contributed by atoms with Crippen molar-refractivity contribution in [3.05, 3.63) is 0 Å². The molecule has 0 aromatic heterocycles. The second kappa shape index (κ2) is 13.5. The molecule has 0 atom stereocenters. The summed E-state index contributed by atoms with van der Waals surface area (Å²) in [4.78, 5) is 34.4. The normalized spacial score (nSPS) is 10.9. The van der Waals surface area contributed by atoms with Crippen LogP contribution in [0.5, 0.6) is 0 Å². The predicted octanol–water partition coefficient (Wildman–Crippen LogP) is 0.105. The Morgan fingerprint density at radius 1 is 0.636 bits per heavy atom. The Bertz CT molecular complexity index is 293. The molecule has 128 valence electrons. The van der Waals surface area contributed by atoms with Crippen LogP contribution >= 0.6 is 0 Å². The molecule has 0 N–H and O–H groups in total. The van der Waals surface area contributed by atoms with Crippen molar-refractivity contribution in [2.75, 3.05) is 59.3 Å². The number of nitrogens with zero attached hydrogens (tertiary/aromatic N) is 1. The molecule has 22 heavy (non-hydrogen) atoms. The van der Waals surface area contributed by atoms with E-state index in [0.29, 0.717) is 39.5 Å². The molecule has 0 heterocycles. The van der Waals surface area contributed by atoms with Gasteiger partial charge in [0.2, 0.25) is 0 Å². The summed E-state index contributed by atoms with van der Waals surface area (Å²) in [5, 5.41) is 0. The average molecular weight is 317 g/mol. The van der Waals surface area contributed by atoms with E-state index in [-0.39, 0.29) is 37.2 Å². The molecule has 0 spiro atoms. The molecular weight excluding hydrogens is 290 g/mol. The van der Waals surface area contributed by atoms with Crippen LogP contribution in [-0.2, 0) is 28.6 Å². The number of rotatable bonds is 15. The van der Waals surface area contributed by atoms with E-state index < -0.39 is 0 Å². The Labute approximate surface area is 131 Å². The topological polar surface area (TPSA) is 82.1 Å². The van der Waals surface area contributed by atoms with Gasteiger partial charge in [-0.1, -0.05) is 0 Å². The SMILES string of the molecule is CC(=O)COCCN(CCOCC(C)=O)CCOCC(C)=O. The van der Waals surface area contributed by atoms with Crippen molar-refractivity contribution in [3.63, 3.8) is 0 Å². The van der Waals surface area contributed by atoms with Gasteiger partial charge in [-0.05, 0) is 20.8 Å². The van der Waals surface area contributed by atoms with Crippen LogP contribution < -0.4 is 0 Å². The molecule has 7 heteroatoms. The third-order valence-corrected chi connectivity index (χ3v) is 2.57. The first-order valence-electron chi connectivity index (χ1n) is 7.35. The van der Waals surface area contributed by atoms with E-state index in [4.69, 9.17) is 14.2 Å². The lowest BCUT2D eigenvalue weighted by Gasteiger charge is -2.21. The lowest BCUT2D eigenvalue weighted by atomic mass is 10.4. The zero-order valence-corrected chi connectivity index (χ0v) is 13.8. The second-order valence-corrected chi connectivity index (χ2v) is 5.11. The van der Waals surface area contributed by atoms with Crippen LogP contribution in [0.4, 0.5) is 0 Å². The first-order chi connectivity index (χ1) is 10.4. The average Bonchev–Trinajstić information content (AvgIpc) is 2.42. The molecular formula is C15H27NO6. The van der Waals surface area contributed by atoms with Crippen LogP contribution in [-0.4, -0.2) is 81.5 Å². The zero-order valence-electron chi connectivity index (χ0n) is 13.8. The summed E-state index contributed by atoms with van der Waals surface area (Å²) < 4.78 is 15.7. The number of hydrogen-bond donors (Lipinski definition) is 0. The molecule has 0 amide bonds. The van der Waals surface area contributed by atoms with E-state index in [1.165, 1.54) is 20.8 Å². The summed E-state index contributed by atoms with van der Waals surface area (Å²) in [5.74, 6) is -0.0385. The van der Waals surface area contributed by atoms with Gasteiger partial charge in [-0.25, -0.2) is 0 Å². The van der Waals surface area contributed by atoms with Gasteiger partial charge in [-0.3, -0.25) is 19.3 Å². The fourth-order valence-electron chi connectivity index (χ4n) is 1.56. The van der Waals surface area contributed by atoms with Crippen molar-refractivity contribution in [2.45, 2.75) is 20.8 Å². The van der Waals surface area contributed by atoms with Gasteiger partial charge in [-0.15, -0.1) is 0 Å². The molecule has 7 nitrogen and oxygen atoms in total. The van der Waals surface area contributed by atoms with Crippen LogP contribution in [0.3, 0.4) is 0 Å². The standard InChI is InChI=1S/C15H27NO6/c1-13(17)10-20-7-4-16(5-8-21-11-14(2)18)6-9-22-12-15(3)19/h4-12H2,1-3H3. The quantitative estimate of drug-likeness (QED) is 0.396. The Kier molecular flexibility index (Phi) is 12.8. The molecule has 0 radical (unpaired) electrons. The van der Waals surface area contributed by atoms with Gasteiger partial charge < -0.3 is 14.2 Å². The van der Waals surface area contributed by atoms with Gasteiger partial charge in [0.05, 0.1) is 19.8 Å². The van der Waals surface area contributed by atoms with Crippen molar-refractivity contribution >= 4 is 17.3 Å². The molecule has 0 bridgehead atoms. The van der Waals surface area contributed by atoms with Gasteiger partial charge in [-0.2, -0.15) is 0 Å². The minimum Gasteiger partial charge on any atom is -0.372 e. The van der Waals surface area contributed by atoms with Crippen molar-refractivity contribution < 1.29 is 28.6 Å². The Balaban J connectivity index is 3.93. The molecule has 0 fully saturated rings. The third-order valence-electron chi connectivity index (χ3n) is 2.57. The third kappa shape index (κ3) is 15.2. The molecule has 0 rings (SSSR count). The first-order valence-corrected chi connectivity index (χ1v) is 7.35. The van der Waals surface area contributed by atoms with Crippen molar-refractivity contribution in [3.8, 4) is 0 Å². The highest BCUT2D eigenvalue weighted by Gasteiger charge is 2.06. The molecule has 0 aromatic carbocycles. The van der Waals surface area contributed by atoms with Crippen LogP contribution in [0.15, 0.2) is 0 Å². The highest BCUT2D eigenvalue weighted by Crippen LogP contribution is 1.92. The number of ether oxygens (including phenoxy) is 3. The second-order valence-electron chi connectivity index (χ2n) is 5.11. The number of ketones is 3. The van der Waals surface area contributed by atoms with E-state index in [9.17, 15) is 14.4 Å². The van der Waals surface area contributed by atoms with Gasteiger partial charge in [0.15, 0.2) is 17.3 Å². The smallest absolute Gasteiger partial charge is 0.155 e. The number of hydrogen-bond acceptors (Lipinski definition) is 7. The van der Waals surface area contributed by atoms with E-state index in [0.717, 1.165) is 0 Å². The van der Waals surface area contributed by atoms with E-state index in [1.807, 2.05) is 4.90 Å². The summed E-state index contributed by atoms with van der Waals surface area (Å²) >= 11 is 0. The summed E-state index contributed by atoms with van der Waals surface area (Å²) in [7, 11) is 0. The molecule has 0 saturated heterocycles. The van der Waals surface area contributed by atoms with Crippen molar-refractivity contribution in [1.82, 2.24) is 4.90 Å². The highest BCUT2D eigenvalue weighted by atomic mass is 16.5. The lowest BCUT2D eigenvalue weighted by molar-refractivity contribution is -0.121. The van der Waals surface area contributed by atoms with Crippen molar-refractivity contribution in [1.29, 1.82) is 0 Å². The fourth-order valence-corrected chi connectivity index (χ4v) is 1.56. The predicted molar refractivity (Wildman–Crippen MR) is 80.9 cm³/mol. The maximum atomic E-state index is 10.8. The number of Topliss-reactive ketones (excluding diaryl/α,β-unsaturated/α-hetero) is 3. The maximum Gasteiger partial charge on any atom is 0.155 e. The minimum absolute atomic E-state index is 0.0128. The lowest BCUT2D eigenvalue weighted by Crippen LogP contribution is -2.34. The van der Waals surface area contributed by atoms with E-state index in [2.05, 4.69) is 0 Å². The molecule has 0 aliphatic carbocycles. The largest absolute Gasteiger partial charge is 0.372 e. The van der Waals surface area contributed by atoms with Gasteiger partial charge >= 0.3 is 0 Å². The monoisotopic (exact) mass is 317 g/mol. The molecule has 0 aliphatic heterocycles. The highest BCUT2D eigenvalue weighted by molar-refractivity contribution is 5.77. The van der Waals surface area contributed by atoms with Crippen molar-refractivity contribution in [2.24, 2.45) is 0 Å². The number of carbonyl (C=O) groups is 3. The summed E-state index contributed by atoms with van der Waals surface area (Å²) in [6, 6.07) is 0. The van der Waals surface area contributed by atoms with Crippen LogP contribution in [0.1, 0.15) is 20.8 Å². The Morgan fingerprint density at radius 3 is 1.14 bits per heavy atom.